The van der Waals surface area contributed by atoms with Gasteiger partial charge < -0.3 is 15.1 Å². The Morgan fingerprint density at radius 2 is 1.26 bits per heavy atom. The van der Waals surface area contributed by atoms with E-state index in [9.17, 15) is 9.59 Å². The Bertz CT molecular complexity index is 1170. The number of nitrogens with one attached hydrogen (secondary N) is 2. The molecule has 0 atom stereocenters. The number of nitrogens with zero attached hydrogens (tertiary/aromatic N) is 2. The van der Waals surface area contributed by atoms with Crippen molar-refractivity contribution in [3.05, 3.63) is 95.1 Å². The first-order valence-corrected chi connectivity index (χ1v) is 11.7. The Morgan fingerprint density at radius 1 is 0.735 bits per heavy atom. The van der Waals surface area contributed by atoms with E-state index in [0.29, 0.717) is 18.7 Å². The van der Waals surface area contributed by atoms with Gasteiger partial charge >= 0.3 is 0 Å². The highest BCUT2D eigenvalue weighted by Crippen LogP contribution is 2.20. The Labute approximate surface area is 205 Å². The summed E-state index contributed by atoms with van der Waals surface area (Å²) < 4.78 is 0. The van der Waals surface area contributed by atoms with Gasteiger partial charge in [-0.1, -0.05) is 35.4 Å². The van der Waals surface area contributed by atoms with Crippen molar-refractivity contribution in [3.8, 4) is 0 Å². The van der Waals surface area contributed by atoms with E-state index in [4.69, 9.17) is 12.2 Å². The molecule has 0 saturated carbocycles. The van der Waals surface area contributed by atoms with Crippen molar-refractivity contribution in [2.75, 3.05) is 36.4 Å². The molecule has 1 fully saturated rings. The van der Waals surface area contributed by atoms with Crippen LogP contribution in [-0.2, 0) is 0 Å². The summed E-state index contributed by atoms with van der Waals surface area (Å²) >= 11 is 5.29. The van der Waals surface area contributed by atoms with Gasteiger partial charge in [0.05, 0.1) is 0 Å². The fourth-order valence-corrected chi connectivity index (χ4v) is 4.06. The Hall–Kier alpha value is -3.71. The van der Waals surface area contributed by atoms with Crippen LogP contribution in [0.4, 0.5) is 11.4 Å². The van der Waals surface area contributed by atoms with E-state index in [1.165, 1.54) is 0 Å². The van der Waals surface area contributed by atoms with Gasteiger partial charge in [0.15, 0.2) is 5.11 Å². The molecular weight excluding hydrogens is 444 g/mol. The monoisotopic (exact) mass is 472 g/mol. The van der Waals surface area contributed by atoms with Crippen LogP contribution in [0.3, 0.4) is 0 Å². The van der Waals surface area contributed by atoms with Crippen LogP contribution in [0.5, 0.6) is 0 Å². The zero-order chi connectivity index (χ0) is 24.1. The molecule has 1 saturated heterocycles. The predicted octanol–water partition coefficient (Wildman–Crippen LogP) is 4.39. The summed E-state index contributed by atoms with van der Waals surface area (Å²) in [5.41, 5.74) is 5.42. The van der Waals surface area contributed by atoms with Crippen LogP contribution in [0.15, 0.2) is 72.8 Å². The minimum atomic E-state index is -0.243. The van der Waals surface area contributed by atoms with E-state index < -0.39 is 0 Å². The summed E-state index contributed by atoms with van der Waals surface area (Å²) in [5, 5.41) is 6.02. The zero-order valence-corrected chi connectivity index (χ0v) is 20.2. The maximum Gasteiger partial charge on any atom is 0.257 e. The van der Waals surface area contributed by atoms with Gasteiger partial charge in [-0.05, 0) is 74.6 Å². The molecule has 0 aromatic heterocycles. The summed E-state index contributed by atoms with van der Waals surface area (Å²) in [7, 11) is 0. The summed E-state index contributed by atoms with van der Waals surface area (Å²) in [5.74, 6) is -0.160. The van der Waals surface area contributed by atoms with E-state index in [1.54, 1.807) is 12.1 Å². The van der Waals surface area contributed by atoms with Gasteiger partial charge in [-0.3, -0.25) is 14.9 Å². The number of amides is 2. The molecule has 2 N–H and O–H groups in total. The van der Waals surface area contributed by atoms with Crippen molar-refractivity contribution >= 4 is 40.5 Å². The van der Waals surface area contributed by atoms with Gasteiger partial charge in [-0.2, -0.15) is 0 Å². The fraction of sp³-hybridized carbons (Fsp3) is 0.222. The van der Waals surface area contributed by atoms with E-state index in [0.717, 1.165) is 41.2 Å². The number of carbonyl (C=O) groups is 2. The van der Waals surface area contributed by atoms with Crippen LogP contribution >= 0.6 is 12.2 Å². The number of anilines is 2. The van der Waals surface area contributed by atoms with Crippen LogP contribution in [0, 0.1) is 13.8 Å². The average Bonchev–Trinajstić information content (AvgIpc) is 2.85. The molecule has 0 spiro atoms. The third kappa shape index (κ3) is 5.80. The molecule has 0 unspecified atom stereocenters. The van der Waals surface area contributed by atoms with Crippen molar-refractivity contribution in [1.82, 2.24) is 10.2 Å². The van der Waals surface area contributed by atoms with Crippen molar-refractivity contribution < 1.29 is 9.59 Å². The number of piperazine rings is 1. The zero-order valence-electron chi connectivity index (χ0n) is 19.4. The van der Waals surface area contributed by atoms with Crippen molar-refractivity contribution in [1.29, 1.82) is 0 Å². The number of benzene rings is 3. The topological polar surface area (TPSA) is 64.7 Å². The highest BCUT2D eigenvalue weighted by atomic mass is 32.1. The fourth-order valence-electron chi connectivity index (χ4n) is 3.84. The molecular formula is C27H28N4O2S. The largest absolute Gasteiger partial charge is 0.368 e. The molecule has 0 aliphatic carbocycles. The SMILES string of the molecule is Cc1ccc(C(=O)NC(=S)Nc2ccc(N3CCN(C(=O)c4ccc(C)cc4)CC3)cc2)cc1. The first-order valence-electron chi connectivity index (χ1n) is 11.3. The third-order valence-corrected chi connectivity index (χ3v) is 6.10. The molecule has 174 valence electrons. The number of rotatable bonds is 4. The van der Waals surface area contributed by atoms with Crippen LogP contribution in [0.2, 0.25) is 0 Å². The Kier molecular flexibility index (Phi) is 7.23. The first-order chi connectivity index (χ1) is 16.4. The molecule has 3 aromatic rings. The quantitative estimate of drug-likeness (QED) is 0.552. The van der Waals surface area contributed by atoms with E-state index in [1.807, 2.05) is 79.4 Å². The second-order valence-electron chi connectivity index (χ2n) is 8.47. The number of carbonyl (C=O) groups excluding carboxylic acids is 2. The van der Waals surface area contributed by atoms with Gasteiger partial charge in [0, 0.05) is 48.7 Å². The molecule has 1 aliphatic rings. The van der Waals surface area contributed by atoms with Crippen LogP contribution in [-0.4, -0.2) is 48.0 Å². The summed E-state index contributed by atoms with van der Waals surface area (Å²) in [6.07, 6.45) is 0. The average molecular weight is 473 g/mol. The second kappa shape index (κ2) is 10.5. The molecule has 4 rings (SSSR count). The number of hydrogen-bond acceptors (Lipinski definition) is 4. The van der Waals surface area contributed by atoms with Gasteiger partial charge in [0.1, 0.15) is 0 Å². The Morgan fingerprint density at radius 3 is 1.82 bits per heavy atom. The predicted molar refractivity (Wildman–Crippen MR) is 141 cm³/mol. The summed E-state index contributed by atoms with van der Waals surface area (Å²) in [4.78, 5) is 29.2. The Balaban J connectivity index is 1.28. The van der Waals surface area contributed by atoms with Gasteiger partial charge in [-0.15, -0.1) is 0 Å². The lowest BCUT2D eigenvalue weighted by Crippen LogP contribution is -2.48. The lowest BCUT2D eigenvalue weighted by Gasteiger charge is -2.36. The van der Waals surface area contributed by atoms with Crippen LogP contribution in [0.1, 0.15) is 31.8 Å². The number of thiocarbonyl (C=S) groups is 1. The molecule has 3 aromatic carbocycles. The standard InChI is InChI=1S/C27H28N4O2S/c1-19-3-7-21(8-4-19)25(32)29-27(34)28-23-11-13-24(14-12-23)30-15-17-31(18-16-30)26(33)22-9-5-20(2)6-10-22/h3-14H,15-18H2,1-2H3,(H2,28,29,32,34). The molecule has 1 heterocycles. The van der Waals surface area contributed by atoms with Gasteiger partial charge in [0.25, 0.3) is 11.8 Å². The smallest absolute Gasteiger partial charge is 0.257 e. The minimum Gasteiger partial charge on any atom is -0.368 e. The lowest BCUT2D eigenvalue weighted by molar-refractivity contribution is 0.0746. The van der Waals surface area contributed by atoms with Crippen molar-refractivity contribution in [2.24, 2.45) is 0 Å². The second-order valence-corrected chi connectivity index (χ2v) is 8.87. The maximum atomic E-state index is 12.7. The number of aryl methyl sites for hydroxylation is 2. The van der Waals surface area contributed by atoms with Crippen molar-refractivity contribution in [3.63, 3.8) is 0 Å². The molecule has 6 nitrogen and oxygen atoms in total. The van der Waals surface area contributed by atoms with Gasteiger partial charge in [-0.25, -0.2) is 0 Å². The normalized spacial score (nSPS) is 13.4. The van der Waals surface area contributed by atoms with E-state index in [-0.39, 0.29) is 16.9 Å². The van der Waals surface area contributed by atoms with Crippen LogP contribution < -0.4 is 15.5 Å². The third-order valence-electron chi connectivity index (χ3n) is 5.90. The lowest BCUT2D eigenvalue weighted by atomic mass is 10.1. The van der Waals surface area contributed by atoms with E-state index in [2.05, 4.69) is 15.5 Å². The van der Waals surface area contributed by atoms with Crippen molar-refractivity contribution in [2.45, 2.75) is 13.8 Å². The number of hydrogen-bond donors (Lipinski definition) is 2. The minimum absolute atomic E-state index is 0.0837. The van der Waals surface area contributed by atoms with E-state index >= 15 is 0 Å². The maximum absolute atomic E-state index is 12.7. The molecule has 7 heteroatoms. The highest BCUT2D eigenvalue weighted by molar-refractivity contribution is 7.80. The molecule has 34 heavy (non-hydrogen) atoms. The molecule has 0 radical (unpaired) electrons. The molecule has 1 aliphatic heterocycles. The first kappa shape index (κ1) is 23.4. The highest BCUT2D eigenvalue weighted by Gasteiger charge is 2.22. The molecule has 2 amide bonds. The van der Waals surface area contributed by atoms with Gasteiger partial charge in [0.2, 0.25) is 0 Å². The van der Waals surface area contributed by atoms with Crippen LogP contribution in [0.25, 0.3) is 0 Å². The summed E-state index contributed by atoms with van der Waals surface area (Å²) in [6.45, 7) is 6.90. The molecule has 0 bridgehead atoms. The summed E-state index contributed by atoms with van der Waals surface area (Å²) in [6, 6.07) is 23.0.